The van der Waals surface area contributed by atoms with Gasteiger partial charge in [-0.25, -0.2) is 0 Å². The molecule has 2 aromatic carbocycles. The van der Waals surface area contributed by atoms with Crippen LogP contribution in [-0.4, -0.2) is 5.11 Å². The van der Waals surface area contributed by atoms with Gasteiger partial charge in [-0.15, -0.1) is 11.6 Å². The summed E-state index contributed by atoms with van der Waals surface area (Å²) >= 11 is 9.20. The Hall–Kier alpha value is -1.19. The molecule has 0 aliphatic heterocycles. The molecule has 0 unspecified atom stereocenters. The molecule has 2 nitrogen and oxygen atoms in total. The number of alkyl halides is 1. The first-order valence-electron chi connectivity index (χ1n) is 5.44. The van der Waals surface area contributed by atoms with E-state index in [2.05, 4.69) is 15.9 Å². The summed E-state index contributed by atoms with van der Waals surface area (Å²) in [6.07, 6.45) is 0. The van der Waals surface area contributed by atoms with Crippen LogP contribution in [0, 0.1) is 0 Å². The summed E-state index contributed by atoms with van der Waals surface area (Å²) < 4.78 is 6.55. The molecule has 0 spiro atoms. The molecule has 0 fully saturated rings. The van der Waals surface area contributed by atoms with Crippen molar-refractivity contribution in [1.29, 1.82) is 0 Å². The second-order valence-electron chi connectivity index (χ2n) is 3.86. The Morgan fingerprint density at radius 3 is 2.61 bits per heavy atom. The fourth-order valence-electron chi connectivity index (χ4n) is 1.55. The van der Waals surface area contributed by atoms with Gasteiger partial charge in [0.05, 0.1) is 4.47 Å². The first-order chi connectivity index (χ1) is 8.69. The SMILES string of the molecule is Oc1cccc(COc2ccc(CCl)cc2Br)c1. The van der Waals surface area contributed by atoms with Crippen molar-refractivity contribution in [2.75, 3.05) is 0 Å². The lowest BCUT2D eigenvalue weighted by Crippen LogP contribution is -1.96. The second kappa shape index (κ2) is 6.12. The molecule has 0 saturated carbocycles. The van der Waals surface area contributed by atoms with Crippen LogP contribution in [0.15, 0.2) is 46.9 Å². The van der Waals surface area contributed by atoms with Crippen LogP contribution in [0.1, 0.15) is 11.1 Å². The zero-order valence-electron chi connectivity index (χ0n) is 9.57. The highest BCUT2D eigenvalue weighted by atomic mass is 79.9. The van der Waals surface area contributed by atoms with E-state index in [4.69, 9.17) is 16.3 Å². The summed E-state index contributed by atoms with van der Waals surface area (Å²) in [4.78, 5) is 0. The number of hydrogen-bond donors (Lipinski definition) is 1. The minimum absolute atomic E-state index is 0.243. The largest absolute Gasteiger partial charge is 0.508 e. The molecule has 2 aromatic rings. The molecule has 0 saturated heterocycles. The fourth-order valence-corrected chi connectivity index (χ4v) is 2.26. The van der Waals surface area contributed by atoms with Crippen LogP contribution >= 0.6 is 27.5 Å². The minimum atomic E-state index is 0.243. The normalized spacial score (nSPS) is 10.3. The van der Waals surface area contributed by atoms with Gasteiger partial charge in [0.2, 0.25) is 0 Å². The molecule has 0 heterocycles. The maximum Gasteiger partial charge on any atom is 0.134 e. The maximum absolute atomic E-state index is 9.35. The number of aromatic hydroxyl groups is 1. The molecule has 0 atom stereocenters. The smallest absolute Gasteiger partial charge is 0.134 e. The first kappa shape index (κ1) is 13.2. The summed E-state index contributed by atoms with van der Waals surface area (Å²) in [6.45, 7) is 0.410. The van der Waals surface area contributed by atoms with Crippen molar-refractivity contribution in [3.63, 3.8) is 0 Å². The van der Waals surface area contributed by atoms with E-state index in [0.29, 0.717) is 12.5 Å². The molecule has 94 valence electrons. The van der Waals surface area contributed by atoms with Gasteiger partial charge < -0.3 is 9.84 Å². The number of benzene rings is 2. The van der Waals surface area contributed by atoms with Crippen molar-refractivity contribution in [3.8, 4) is 11.5 Å². The van der Waals surface area contributed by atoms with Gasteiger partial charge in [-0.2, -0.15) is 0 Å². The average molecular weight is 328 g/mol. The Labute approximate surface area is 119 Å². The van der Waals surface area contributed by atoms with Gasteiger partial charge in [-0.3, -0.25) is 0 Å². The quantitative estimate of drug-likeness (QED) is 0.839. The minimum Gasteiger partial charge on any atom is -0.508 e. The molecule has 18 heavy (non-hydrogen) atoms. The highest BCUT2D eigenvalue weighted by molar-refractivity contribution is 9.10. The lowest BCUT2D eigenvalue weighted by molar-refractivity contribution is 0.303. The second-order valence-corrected chi connectivity index (χ2v) is 4.98. The van der Waals surface area contributed by atoms with Crippen molar-refractivity contribution in [2.24, 2.45) is 0 Å². The predicted molar refractivity (Wildman–Crippen MR) is 76.1 cm³/mol. The summed E-state index contributed by atoms with van der Waals surface area (Å²) in [5.74, 6) is 1.48. The van der Waals surface area contributed by atoms with Gasteiger partial charge in [0.25, 0.3) is 0 Å². The number of hydrogen-bond acceptors (Lipinski definition) is 2. The zero-order chi connectivity index (χ0) is 13.0. The van der Waals surface area contributed by atoms with E-state index in [-0.39, 0.29) is 5.75 Å². The van der Waals surface area contributed by atoms with Gasteiger partial charge >= 0.3 is 0 Å². The Kier molecular flexibility index (Phi) is 4.50. The highest BCUT2D eigenvalue weighted by Crippen LogP contribution is 2.27. The molecule has 1 N–H and O–H groups in total. The predicted octanol–water partition coefficient (Wildman–Crippen LogP) is 4.47. The number of ether oxygens (including phenoxy) is 1. The van der Waals surface area contributed by atoms with Crippen LogP contribution in [0.4, 0.5) is 0 Å². The Balaban J connectivity index is 2.06. The Morgan fingerprint density at radius 1 is 1.11 bits per heavy atom. The van der Waals surface area contributed by atoms with Crippen LogP contribution in [0.25, 0.3) is 0 Å². The topological polar surface area (TPSA) is 29.5 Å². The van der Waals surface area contributed by atoms with E-state index in [1.54, 1.807) is 18.2 Å². The Bertz CT molecular complexity index is 543. The fraction of sp³-hybridized carbons (Fsp3) is 0.143. The molecule has 2 rings (SSSR count). The van der Waals surface area contributed by atoms with Crippen LogP contribution in [0.5, 0.6) is 11.5 Å². The van der Waals surface area contributed by atoms with Gasteiger partial charge in [0, 0.05) is 5.88 Å². The Morgan fingerprint density at radius 2 is 1.94 bits per heavy atom. The van der Waals surface area contributed by atoms with Crippen molar-refractivity contribution in [2.45, 2.75) is 12.5 Å². The van der Waals surface area contributed by atoms with Crippen molar-refractivity contribution >= 4 is 27.5 Å². The molecule has 0 bridgehead atoms. The maximum atomic E-state index is 9.35. The molecule has 0 aliphatic rings. The van der Waals surface area contributed by atoms with E-state index in [9.17, 15) is 5.11 Å². The van der Waals surface area contributed by atoms with Crippen LogP contribution in [0.3, 0.4) is 0 Å². The molecular weight excluding hydrogens is 316 g/mol. The van der Waals surface area contributed by atoms with Crippen molar-refractivity contribution in [1.82, 2.24) is 0 Å². The number of phenols is 1. The summed E-state index contributed by atoms with van der Waals surface area (Å²) in [6, 6.07) is 12.8. The van der Waals surface area contributed by atoms with E-state index in [1.165, 1.54) is 0 Å². The van der Waals surface area contributed by atoms with Crippen LogP contribution in [0.2, 0.25) is 0 Å². The number of rotatable bonds is 4. The molecular formula is C14H12BrClO2. The van der Waals surface area contributed by atoms with E-state index in [0.717, 1.165) is 21.3 Å². The lowest BCUT2D eigenvalue weighted by Gasteiger charge is -2.09. The molecule has 0 amide bonds. The molecule has 4 heteroatoms. The molecule has 0 aromatic heterocycles. The first-order valence-corrected chi connectivity index (χ1v) is 6.77. The molecule has 0 radical (unpaired) electrons. The summed E-state index contributed by atoms with van der Waals surface area (Å²) in [5, 5.41) is 9.35. The monoisotopic (exact) mass is 326 g/mol. The van der Waals surface area contributed by atoms with Crippen molar-refractivity contribution in [3.05, 3.63) is 58.1 Å². The van der Waals surface area contributed by atoms with Crippen LogP contribution < -0.4 is 4.74 Å². The van der Waals surface area contributed by atoms with Gasteiger partial charge in [-0.05, 0) is 51.3 Å². The van der Waals surface area contributed by atoms with E-state index in [1.807, 2.05) is 24.3 Å². The van der Waals surface area contributed by atoms with Crippen LogP contribution in [-0.2, 0) is 12.5 Å². The third kappa shape index (κ3) is 3.40. The zero-order valence-corrected chi connectivity index (χ0v) is 11.9. The lowest BCUT2D eigenvalue weighted by atomic mass is 10.2. The number of halogens is 2. The van der Waals surface area contributed by atoms with Gasteiger partial charge in [0.15, 0.2) is 0 Å². The third-order valence-electron chi connectivity index (χ3n) is 2.46. The molecule has 0 aliphatic carbocycles. The van der Waals surface area contributed by atoms with E-state index >= 15 is 0 Å². The number of phenolic OH excluding ortho intramolecular Hbond substituents is 1. The van der Waals surface area contributed by atoms with Gasteiger partial charge in [0.1, 0.15) is 18.1 Å². The summed E-state index contributed by atoms with van der Waals surface area (Å²) in [5.41, 5.74) is 1.96. The standard InChI is InChI=1S/C14H12BrClO2/c15-13-7-10(8-16)4-5-14(13)18-9-11-2-1-3-12(17)6-11/h1-7,17H,8-9H2. The third-order valence-corrected chi connectivity index (χ3v) is 3.38. The highest BCUT2D eigenvalue weighted by Gasteiger charge is 2.03. The van der Waals surface area contributed by atoms with Crippen molar-refractivity contribution < 1.29 is 9.84 Å². The van der Waals surface area contributed by atoms with Gasteiger partial charge in [-0.1, -0.05) is 18.2 Å². The van der Waals surface area contributed by atoms with E-state index < -0.39 is 0 Å². The average Bonchev–Trinajstić information content (AvgIpc) is 2.37. The summed E-state index contributed by atoms with van der Waals surface area (Å²) in [7, 11) is 0.